The molecule has 0 bridgehead atoms. The zero-order chi connectivity index (χ0) is 17.2. The van der Waals surface area contributed by atoms with Gasteiger partial charge in [-0.05, 0) is 18.1 Å². The molecule has 2 aromatic rings. The number of carbonyl (C=O) groups excluding carboxylic acids is 1. The molecule has 2 fully saturated rings. The second-order valence-corrected chi connectivity index (χ2v) is 6.76. The molecule has 2 aliphatic rings. The fourth-order valence-electron chi connectivity index (χ4n) is 4.14. The van der Waals surface area contributed by atoms with Gasteiger partial charge < -0.3 is 14.2 Å². The number of pyridine rings is 1. The van der Waals surface area contributed by atoms with Crippen molar-refractivity contribution in [2.24, 2.45) is 5.92 Å². The number of amides is 1. The summed E-state index contributed by atoms with van der Waals surface area (Å²) in [6.07, 6.45) is 7.64. The molecule has 4 heterocycles. The van der Waals surface area contributed by atoms with Crippen molar-refractivity contribution in [3.05, 3.63) is 48.1 Å². The average Bonchev–Trinajstić information content (AvgIpc) is 3.31. The predicted octanol–water partition coefficient (Wildman–Crippen LogP) is 1.43. The van der Waals surface area contributed by atoms with E-state index in [1.165, 1.54) is 18.0 Å². The van der Waals surface area contributed by atoms with Crippen molar-refractivity contribution >= 4 is 5.91 Å². The summed E-state index contributed by atoms with van der Waals surface area (Å²) in [4.78, 5) is 21.4. The Morgan fingerprint density at radius 1 is 1.40 bits per heavy atom. The van der Waals surface area contributed by atoms with Crippen molar-refractivity contribution in [2.45, 2.75) is 25.1 Å². The van der Waals surface area contributed by atoms with E-state index in [0.29, 0.717) is 18.0 Å². The fraction of sp³-hybridized carbons (Fsp3) is 0.500. The third-order valence-electron chi connectivity index (χ3n) is 5.31. The van der Waals surface area contributed by atoms with Gasteiger partial charge in [-0.2, -0.15) is 0 Å². The number of carbonyl (C=O) groups is 1. The number of hydrogen-bond donors (Lipinski definition) is 0. The minimum absolute atomic E-state index is 0.00553. The van der Waals surface area contributed by atoms with E-state index in [4.69, 9.17) is 9.26 Å². The van der Waals surface area contributed by atoms with E-state index in [1.807, 2.05) is 17.2 Å². The lowest BCUT2D eigenvalue weighted by molar-refractivity contribution is -0.0157. The third-order valence-corrected chi connectivity index (χ3v) is 5.31. The third kappa shape index (κ3) is 3.17. The van der Waals surface area contributed by atoms with Crippen LogP contribution in [0.1, 0.15) is 22.3 Å². The Balaban J connectivity index is 1.52. The molecule has 7 nitrogen and oxygen atoms in total. The van der Waals surface area contributed by atoms with E-state index < -0.39 is 0 Å². The van der Waals surface area contributed by atoms with Gasteiger partial charge in [-0.25, -0.2) is 0 Å². The van der Waals surface area contributed by atoms with Crippen molar-refractivity contribution in [3.8, 4) is 0 Å². The first-order valence-corrected chi connectivity index (χ1v) is 8.60. The number of fused-ring (bicyclic) bond motifs is 1. The summed E-state index contributed by atoms with van der Waals surface area (Å²) in [5.41, 5.74) is 1.70. The highest BCUT2D eigenvalue weighted by molar-refractivity contribution is 5.93. The van der Waals surface area contributed by atoms with Crippen molar-refractivity contribution < 1.29 is 14.1 Å². The van der Waals surface area contributed by atoms with E-state index in [0.717, 1.165) is 26.1 Å². The summed E-state index contributed by atoms with van der Waals surface area (Å²) in [6.45, 7) is 3.30. The topological polar surface area (TPSA) is 71.7 Å². The first kappa shape index (κ1) is 16.2. The van der Waals surface area contributed by atoms with Crippen molar-refractivity contribution in [2.75, 3.05) is 26.7 Å². The van der Waals surface area contributed by atoms with Crippen LogP contribution in [0, 0.1) is 5.92 Å². The molecule has 3 atom stereocenters. The molecular weight excluding hydrogens is 320 g/mol. The van der Waals surface area contributed by atoms with Gasteiger partial charge in [0.1, 0.15) is 6.26 Å². The molecule has 2 aliphatic heterocycles. The number of ether oxygens (including phenoxy) is 1. The lowest BCUT2D eigenvalue weighted by Gasteiger charge is -2.40. The molecule has 0 aliphatic carbocycles. The first-order chi connectivity index (χ1) is 12.3. The molecule has 0 spiro atoms. The van der Waals surface area contributed by atoms with Crippen LogP contribution >= 0.6 is 0 Å². The fourth-order valence-corrected chi connectivity index (χ4v) is 4.14. The Morgan fingerprint density at radius 3 is 3.04 bits per heavy atom. The van der Waals surface area contributed by atoms with Crippen molar-refractivity contribution in [1.29, 1.82) is 0 Å². The maximum Gasteiger partial charge on any atom is 0.259 e. The molecule has 0 unspecified atom stereocenters. The number of aromatic nitrogens is 2. The van der Waals surface area contributed by atoms with Crippen LogP contribution in [-0.2, 0) is 11.3 Å². The minimum Gasteiger partial charge on any atom is -0.381 e. The van der Waals surface area contributed by atoms with E-state index in [-0.39, 0.29) is 18.1 Å². The molecular formula is C18H22N4O3. The SMILES string of the molecule is CO[C@@H]1CCN(C(=O)c2cnoc2)[C@H]2CN(Cc3cccnc3)C[C@@H]12. The lowest BCUT2D eigenvalue weighted by Crippen LogP contribution is -2.53. The molecule has 1 amide bonds. The summed E-state index contributed by atoms with van der Waals surface area (Å²) >= 11 is 0. The highest BCUT2D eigenvalue weighted by Crippen LogP contribution is 2.34. The zero-order valence-corrected chi connectivity index (χ0v) is 14.2. The second-order valence-electron chi connectivity index (χ2n) is 6.76. The normalized spacial score (nSPS) is 26.6. The van der Waals surface area contributed by atoms with E-state index >= 15 is 0 Å². The number of rotatable bonds is 4. The van der Waals surface area contributed by atoms with Gasteiger partial charge >= 0.3 is 0 Å². The summed E-state index contributed by atoms with van der Waals surface area (Å²) in [5.74, 6) is 0.313. The molecule has 4 rings (SSSR count). The average molecular weight is 342 g/mol. The molecule has 7 heteroatoms. The molecule has 0 N–H and O–H groups in total. The highest BCUT2D eigenvalue weighted by Gasteiger charge is 2.46. The van der Waals surface area contributed by atoms with Crippen molar-refractivity contribution in [3.63, 3.8) is 0 Å². The summed E-state index contributed by atoms with van der Waals surface area (Å²) < 4.78 is 10.6. The predicted molar refractivity (Wildman–Crippen MR) is 89.7 cm³/mol. The Labute approximate surface area is 146 Å². The molecule has 2 aromatic heterocycles. The smallest absolute Gasteiger partial charge is 0.259 e. The van der Waals surface area contributed by atoms with Gasteiger partial charge in [-0.3, -0.25) is 14.7 Å². The van der Waals surface area contributed by atoms with Gasteiger partial charge in [0.05, 0.1) is 23.9 Å². The first-order valence-electron chi connectivity index (χ1n) is 8.60. The zero-order valence-electron chi connectivity index (χ0n) is 14.2. The quantitative estimate of drug-likeness (QED) is 0.837. The Morgan fingerprint density at radius 2 is 2.32 bits per heavy atom. The Hall–Kier alpha value is -2.25. The van der Waals surface area contributed by atoms with Gasteiger partial charge in [-0.1, -0.05) is 11.2 Å². The van der Waals surface area contributed by atoms with Crippen LogP contribution < -0.4 is 0 Å². The van der Waals surface area contributed by atoms with Crippen LogP contribution in [0.3, 0.4) is 0 Å². The minimum atomic E-state index is -0.00553. The van der Waals surface area contributed by atoms with Crippen LogP contribution in [0.2, 0.25) is 0 Å². The van der Waals surface area contributed by atoms with Crippen molar-refractivity contribution in [1.82, 2.24) is 19.9 Å². The maximum atomic E-state index is 12.8. The number of nitrogens with zero attached hydrogens (tertiary/aromatic N) is 4. The van der Waals surface area contributed by atoms with Crippen LogP contribution in [0.5, 0.6) is 0 Å². The standard InChI is InChI=1S/C18H22N4O3/c1-24-17-4-6-22(18(23)14-8-20-25-12-14)16-11-21(10-15(16)17)9-13-3-2-5-19-7-13/h2-3,5,7-8,12,15-17H,4,6,9-11H2,1H3/t15-,16+,17-/m1/s1. The van der Waals surface area contributed by atoms with E-state index in [9.17, 15) is 4.79 Å². The Bertz CT molecular complexity index is 706. The maximum absolute atomic E-state index is 12.8. The van der Waals surface area contributed by atoms with Crippen LogP contribution in [0.4, 0.5) is 0 Å². The molecule has 25 heavy (non-hydrogen) atoms. The molecule has 0 radical (unpaired) electrons. The number of piperidine rings is 1. The summed E-state index contributed by atoms with van der Waals surface area (Å²) in [6, 6.07) is 4.19. The van der Waals surface area contributed by atoms with Gasteiger partial charge in [0, 0.05) is 51.6 Å². The van der Waals surface area contributed by atoms with Crippen LogP contribution in [-0.4, -0.2) is 64.7 Å². The van der Waals surface area contributed by atoms with Gasteiger partial charge in [0.15, 0.2) is 0 Å². The Kier molecular flexibility index (Phi) is 4.50. The number of likely N-dealkylation sites (tertiary alicyclic amines) is 2. The highest BCUT2D eigenvalue weighted by atomic mass is 16.5. The number of hydrogen-bond acceptors (Lipinski definition) is 6. The molecule has 0 aromatic carbocycles. The summed E-state index contributed by atoms with van der Waals surface area (Å²) in [5, 5.41) is 3.66. The van der Waals surface area contributed by atoms with Gasteiger partial charge in [-0.15, -0.1) is 0 Å². The van der Waals surface area contributed by atoms with Gasteiger partial charge in [0.2, 0.25) is 0 Å². The van der Waals surface area contributed by atoms with Crippen LogP contribution in [0.15, 0.2) is 41.5 Å². The second kappa shape index (κ2) is 6.93. The molecule has 0 saturated carbocycles. The van der Waals surface area contributed by atoms with E-state index in [2.05, 4.69) is 21.1 Å². The molecule has 2 saturated heterocycles. The van der Waals surface area contributed by atoms with Crippen LogP contribution in [0.25, 0.3) is 0 Å². The van der Waals surface area contributed by atoms with Gasteiger partial charge in [0.25, 0.3) is 5.91 Å². The number of methoxy groups -OCH3 is 1. The summed E-state index contributed by atoms with van der Waals surface area (Å²) in [7, 11) is 1.77. The molecule has 132 valence electrons. The largest absolute Gasteiger partial charge is 0.381 e. The monoisotopic (exact) mass is 342 g/mol. The van der Waals surface area contributed by atoms with E-state index in [1.54, 1.807) is 13.3 Å². The lowest BCUT2D eigenvalue weighted by atomic mass is 9.88.